The van der Waals surface area contributed by atoms with Crippen LogP contribution >= 0.6 is 24.0 Å². The zero-order valence-corrected chi connectivity index (χ0v) is 18.9. The Labute approximate surface area is 180 Å². The number of hydrogen-bond acceptors (Lipinski definition) is 2. The summed E-state index contributed by atoms with van der Waals surface area (Å²) < 4.78 is 0. The minimum absolute atomic E-state index is 0. The average molecular weight is 478 g/mol. The lowest BCUT2D eigenvalue weighted by molar-refractivity contribution is 0.265. The van der Waals surface area contributed by atoms with E-state index >= 15 is 0 Å². The number of anilines is 1. The first kappa shape index (κ1) is 21.7. The summed E-state index contributed by atoms with van der Waals surface area (Å²) in [6.45, 7) is 5.92. The maximum absolute atomic E-state index is 6.13. The third-order valence-electron chi connectivity index (χ3n) is 5.21. The molecule has 3 N–H and O–H groups in total. The minimum atomic E-state index is 0. The Morgan fingerprint density at radius 3 is 2.56 bits per heavy atom. The van der Waals surface area contributed by atoms with E-state index in [0.717, 1.165) is 12.2 Å². The van der Waals surface area contributed by atoms with Crippen LogP contribution in [-0.2, 0) is 25.9 Å². The van der Waals surface area contributed by atoms with Crippen molar-refractivity contribution in [2.45, 2.75) is 52.2 Å². The van der Waals surface area contributed by atoms with Gasteiger partial charge in [0.2, 0.25) is 0 Å². The van der Waals surface area contributed by atoms with E-state index in [2.05, 4.69) is 78.6 Å². The normalized spacial score (nSPS) is 13.6. The Hall–Kier alpha value is -1.60. The molecular formula is C22H31IN4. The summed E-state index contributed by atoms with van der Waals surface area (Å²) in [6, 6.07) is 15.5. The van der Waals surface area contributed by atoms with Gasteiger partial charge in [-0.15, -0.1) is 24.0 Å². The second-order valence-electron chi connectivity index (χ2n) is 7.44. The van der Waals surface area contributed by atoms with Crippen LogP contribution in [0, 0.1) is 0 Å². The Morgan fingerprint density at radius 2 is 1.81 bits per heavy atom. The number of benzene rings is 2. The maximum atomic E-state index is 6.13. The van der Waals surface area contributed by atoms with E-state index in [1.165, 1.54) is 41.5 Å². The van der Waals surface area contributed by atoms with E-state index in [1.807, 2.05) is 0 Å². The van der Waals surface area contributed by atoms with Crippen LogP contribution in [0.25, 0.3) is 0 Å². The van der Waals surface area contributed by atoms with Crippen molar-refractivity contribution in [1.29, 1.82) is 0 Å². The largest absolute Gasteiger partial charge is 0.370 e. The van der Waals surface area contributed by atoms with Gasteiger partial charge in [-0.1, -0.05) is 30.3 Å². The monoisotopic (exact) mass is 478 g/mol. The van der Waals surface area contributed by atoms with Gasteiger partial charge in [-0.2, -0.15) is 0 Å². The van der Waals surface area contributed by atoms with Gasteiger partial charge in [-0.05, 0) is 74.5 Å². The summed E-state index contributed by atoms with van der Waals surface area (Å²) >= 11 is 0. The van der Waals surface area contributed by atoms with Crippen LogP contribution in [0.5, 0.6) is 0 Å². The van der Waals surface area contributed by atoms with Gasteiger partial charge in [0.05, 0.1) is 6.54 Å². The van der Waals surface area contributed by atoms with Crippen molar-refractivity contribution in [3.8, 4) is 0 Å². The zero-order valence-electron chi connectivity index (χ0n) is 16.5. The molecule has 4 nitrogen and oxygen atoms in total. The standard InChI is InChI=1S/C22H30N4.HI/c1-16(2)26(3)15-20-8-5-4-7-19(20)14-24-22(23)25-21-12-11-17-9-6-10-18(17)13-21;/h4-5,7-8,11-13,16H,6,9-10,14-15H2,1-3H3,(H3,23,24,25);1H. The van der Waals surface area contributed by atoms with Crippen LogP contribution in [0.15, 0.2) is 47.5 Å². The number of aliphatic imine (C=N–C) groups is 1. The molecule has 0 atom stereocenters. The van der Waals surface area contributed by atoms with Crippen molar-refractivity contribution in [2.24, 2.45) is 10.7 Å². The van der Waals surface area contributed by atoms with Crippen LogP contribution in [-0.4, -0.2) is 23.9 Å². The van der Waals surface area contributed by atoms with Crippen molar-refractivity contribution in [1.82, 2.24) is 4.90 Å². The van der Waals surface area contributed by atoms with Gasteiger partial charge >= 0.3 is 0 Å². The molecule has 0 amide bonds. The predicted molar refractivity (Wildman–Crippen MR) is 126 cm³/mol. The zero-order chi connectivity index (χ0) is 18.5. The lowest BCUT2D eigenvalue weighted by atomic mass is 10.1. The van der Waals surface area contributed by atoms with Gasteiger partial charge in [0, 0.05) is 18.3 Å². The van der Waals surface area contributed by atoms with Gasteiger partial charge in [-0.25, -0.2) is 4.99 Å². The average Bonchev–Trinajstić information content (AvgIpc) is 3.08. The minimum Gasteiger partial charge on any atom is -0.370 e. The number of rotatable bonds is 6. The van der Waals surface area contributed by atoms with E-state index in [0.29, 0.717) is 18.5 Å². The lowest BCUT2D eigenvalue weighted by Crippen LogP contribution is -2.26. The summed E-state index contributed by atoms with van der Waals surface area (Å²) in [5, 5.41) is 3.24. The molecule has 146 valence electrons. The highest BCUT2D eigenvalue weighted by atomic mass is 127. The van der Waals surface area contributed by atoms with Crippen molar-refractivity contribution in [2.75, 3.05) is 12.4 Å². The fraction of sp³-hybridized carbons (Fsp3) is 0.409. The maximum Gasteiger partial charge on any atom is 0.193 e. The second-order valence-corrected chi connectivity index (χ2v) is 7.44. The third kappa shape index (κ3) is 5.94. The fourth-order valence-corrected chi connectivity index (χ4v) is 3.32. The lowest BCUT2D eigenvalue weighted by Gasteiger charge is -2.22. The molecule has 0 spiro atoms. The Morgan fingerprint density at radius 1 is 1.11 bits per heavy atom. The van der Waals surface area contributed by atoms with Crippen molar-refractivity contribution < 1.29 is 0 Å². The number of nitrogens with one attached hydrogen (secondary N) is 1. The van der Waals surface area contributed by atoms with Crippen LogP contribution in [0.2, 0.25) is 0 Å². The molecule has 0 bridgehead atoms. The molecule has 0 saturated carbocycles. The molecule has 0 aliphatic heterocycles. The third-order valence-corrected chi connectivity index (χ3v) is 5.21. The van der Waals surface area contributed by atoms with Gasteiger partial charge in [-0.3, -0.25) is 4.90 Å². The molecule has 3 rings (SSSR count). The quantitative estimate of drug-likeness (QED) is 0.364. The molecular weight excluding hydrogens is 447 g/mol. The molecule has 2 aromatic rings. The number of fused-ring (bicyclic) bond motifs is 1. The van der Waals surface area contributed by atoms with E-state index in [9.17, 15) is 0 Å². The van der Waals surface area contributed by atoms with E-state index in [1.54, 1.807) is 0 Å². The molecule has 0 saturated heterocycles. The smallest absolute Gasteiger partial charge is 0.193 e. The van der Waals surface area contributed by atoms with Crippen molar-refractivity contribution >= 4 is 35.6 Å². The van der Waals surface area contributed by atoms with E-state index in [-0.39, 0.29) is 24.0 Å². The van der Waals surface area contributed by atoms with Gasteiger partial charge in [0.25, 0.3) is 0 Å². The van der Waals surface area contributed by atoms with E-state index < -0.39 is 0 Å². The SMILES string of the molecule is CC(C)N(C)Cc1ccccc1CN=C(N)Nc1ccc2c(c1)CCC2.I. The van der Waals surface area contributed by atoms with Gasteiger partial charge in [0.15, 0.2) is 5.96 Å². The number of nitrogens with two attached hydrogens (primary N) is 1. The van der Waals surface area contributed by atoms with Crippen molar-refractivity contribution in [3.05, 3.63) is 64.7 Å². The van der Waals surface area contributed by atoms with Crippen LogP contribution in [0.3, 0.4) is 0 Å². The van der Waals surface area contributed by atoms with E-state index in [4.69, 9.17) is 5.73 Å². The van der Waals surface area contributed by atoms with Gasteiger partial charge < -0.3 is 11.1 Å². The highest BCUT2D eigenvalue weighted by Crippen LogP contribution is 2.24. The van der Waals surface area contributed by atoms with Crippen LogP contribution in [0.1, 0.15) is 42.5 Å². The number of aryl methyl sites for hydroxylation is 2. The van der Waals surface area contributed by atoms with Crippen LogP contribution < -0.4 is 11.1 Å². The molecule has 27 heavy (non-hydrogen) atoms. The Balaban J connectivity index is 0.00000261. The molecule has 1 aliphatic carbocycles. The topological polar surface area (TPSA) is 53.6 Å². The molecule has 1 aliphatic rings. The fourth-order valence-electron chi connectivity index (χ4n) is 3.32. The summed E-state index contributed by atoms with van der Waals surface area (Å²) in [4.78, 5) is 6.89. The molecule has 0 heterocycles. The molecule has 0 aromatic heterocycles. The molecule has 2 aromatic carbocycles. The predicted octanol–water partition coefficient (Wildman–Crippen LogP) is 4.56. The molecule has 0 fully saturated rings. The molecule has 5 heteroatoms. The molecule has 0 unspecified atom stereocenters. The summed E-state index contributed by atoms with van der Waals surface area (Å²) in [6.07, 6.45) is 3.61. The summed E-state index contributed by atoms with van der Waals surface area (Å²) in [7, 11) is 2.15. The van der Waals surface area contributed by atoms with Gasteiger partial charge in [0.1, 0.15) is 0 Å². The summed E-state index contributed by atoms with van der Waals surface area (Å²) in [5.74, 6) is 0.468. The van der Waals surface area contributed by atoms with Crippen LogP contribution in [0.4, 0.5) is 5.69 Å². The second kappa shape index (κ2) is 10.1. The number of halogens is 1. The highest BCUT2D eigenvalue weighted by Gasteiger charge is 2.11. The number of nitrogens with zero attached hydrogens (tertiary/aromatic N) is 2. The molecule has 0 radical (unpaired) electrons. The Kier molecular flexibility index (Phi) is 8.10. The number of hydrogen-bond donors (Lipinski definition) is 2. The first-order valence-electron chi connectivity index (χ1n) is 9.48. The summed E-state index contributed by atoms with van der Waals surface area (Å²) in [5.41, 5.74) is 12.6. The van der Waals surface area contributed by atoms with Crippen molar-refractivity contribution in [3.63, 3.8) is 0 Å². The highest BCUT2D eigenvalue weighted by molar-refractivity contribution is 14.0. The number of guanidine groups is 1. The first-order chi connectivity index (χ1) is 12.5. The first-order valence-corrected chi connectivity index (χ1v) is 9.48. The Bertz CT molecular complexity index is 786.